The highest BCUT2D eigenvalue weighted by molar-refractivity contribution is 5.72. The first kappa shape index (κ1) is 20.4. The van der Waals surface area contributed by atoms with Crippen LogP contribution in [0.2, 0.25) is 0 Å². The van der Waals surface area contributed by atoms with Gasteiger partial charge in [-0.2, -0.15) is 4.98 Å². The number of benzene rings is 2. The van der Waals surface area contributed by atoms with Crippen LogP contribution in [0.5, 0.6) is 6.08 Å². The Morgan fingerprint density at radius 3 is 2.79 bits per heavy atom. The Kier molecular flexibility index (Phi) is 5.36. The molecule has 2 atom stereocenters. The van der Waals surface area contributed by atoms with Gasteiger partial charge in [0, 0.05) is 12.1 Å². The molecule has 7 nitrogen and oxygen atoms in total. The fourth-order valence-electron chi connectivity index (χ4n) is 5.33. The normalized spacial score (nSPS) is 19.5. The molecule has 1 saturated heterocycles. The number of nitrogens with zero attached hydrogens (tertiary/aromatic N) is 4. The number of aromatic nitrogens is 3. The van der Waals surface area contributed by atoms with Gasteiger partial charge < -0.3 is 18.8 Å². The van der Waals surface area contributed by atoms with E-state index in [0.29, 0.717) is 18.6 Å². The fourth-order valence-corrected chi connectivity index (χ4v) is 5.33. The van der Waals surface area contributed by atoms with Gasteiger partial charge in [0.2, 0.25) is 0 Å². The molecule has 1 fully saturated rings. The van der Waals surface area contributed by atoms with Crippen LogP contribution in [-0.2, 0) is 0 Å². The van der Waals surface area contributed by atoms with Crippen molar-refractivity contribution in [1.29, 1.82) is 0 Å². The average Bonchev–Trinajstić information content (AvgIpc) is 3.55. The number of imidazole rings is 1. The number of likely N-dealkylation sites (tertiary alicyclic amines) is 1. The molecule has 2 unspecified atom stereocenters. The van der Waals surface area contributed by atoms with E-state index in [1.165, 1.54) is 11.1 Å². The van der Waals surface area contributed by atoms with Crippen molar-refractivity contribution >= 4 is 11.1 Å². The maximum absolute atomic E-state index is 11.1. The van der Waals surface area contributed by atoms with Crippen LogP contribution in [0.3, 0.4) is 0 Å². The molecule has 0 saturated carbocycles. The predicted octanol–water partition coefficient (Wildman–Crippen LogP) is 4.14. The Morgan fingerprint density at radius 1 is 1.09 bits per heavy atom. The SMILES string of the molecule is OC(CC1c2ccccc2-c2cncn21)C1CCN(CCOc2nc3ccccc3o2)CC1. The van der Waals surface area contributed by atoms with E-state index in [9.17, 15) is 5.11 Å². The van der Waals surface area contributed by atoms with E-state index >= 15 is 0 Å². The first-order chi connectivity index (χ1) is 16.3. The van der Waals surface area contributed by atoms with E-state index in [1.54, 1.807) is 0 Å². The summed E-state index contributed by atoms with van der Waals surface area (Å²) in [6.07, 6.45) is 6.54. The molecule has 2 aliphatic rings. The smallest absolute Gasteiger partial charge is 0.394 e. The van der Waals surface area contributed by atoms with Crippen LogP contribution in [0.15, 0.2) is 65.5 Å². The number of fused-ring (bicyclic) bond motifs is 4. The van der Waals surface area contributed by atoms with Crippen molar-refractivity contribution in [2.24, 2.45) is 5.92 Å². The summed E-state index contributed by atoms with van der Waals surface area (Å²) in [6.45, 7) is 3.31. The van der Waals surface area contributed by atoms with Gasteiger partial charge in [-0.1, -0.05) is 36.4 Å². The van der Waals surface area contributed by atoms with Gasteiger partial charge in [-0.05, 0) is 56.0 Å². The van der Waals surface area contributed by atoms with E-state index in [1.807, 2.05) is 36.8 Å². The maximum atomic E-state index is 11.1. The standard InChI is InChI=1S/C26H28N4O3/c31-24(15-22-19-5-1-2-6-20(19)23-16-27-17-30(22)23)18-9-11-29(12-10-18)13-14-32-26-28-21-7-3-4-8-25(21)33-26/h1-8,16-18,22,24,31H,9-15H2. The van der Waals surface area contributed by atoms with E-state index in [4.69, 9.17) is 9.15 Å². The number of para-hydroxylation sites is 2. The van der Waals surface area contributed by atoms with Crippen LogP contribution in [-0.4, -0.2) is 56.9 Å². The van der Waals surface area contributed by atoms with Crippen LogP contribution in [0.25, 0.3) is 22.4 Å². The highest BCUT2D eigenvalue weighted by atomic mass is 16.6. The molecule has 6 rings (SSSR count). The third-order valence-corrected chi connectivity index (χ3v) is 7.15. The molecule has 0 amide bonds. The molecule has 2 aromatic carbocycles. The lowest BCUT2D eigenvalue weighted by molar-refractivity contribution is 0.0431. The summed E-state index contributed by atoms with van der Waals surface area (Å²) >= 11 is 0. The van der Waals surface area contributed by atoms with Crippen molar-refractivity contribution < 1.29 is 14.3 Å². The lowest BCUT2D eigenvalue weighted by Gasteiger charge is -2.35. The highest BCUT2D eigenvalue weighted by Crippen LogP contribution is 2.42. The first-order valence-corrected chi connectivity index (χ1v) is 11.8. The van der Waals surface area contributed by atoms with Gasteiger partial charge in [0.1, 0.15) is 12.1 Å². The van der Waals surface area contributed by atoms with E-state index in [-0.39, 0.29) is 12.1 Å². The second kappa shape index (κ2) is 8.65. The van der Waals surface area contributed by atoms with Gasteiger partial charge in [0.25, 0.3) is 0 Å². The second-order valence-corrected chi connectivity index (χ2v) is 9.07. The molecule has 0 spiro atoms. The van der Waals surface area contributed by atoms with E-state index < -0.39 is 0 Å². The lowest BCUT2D eigenvalue weighted by atomic mass is 9.86. The second-order valence-electron chi connectivity index (χ2n) is 9.07. The fraction of sp³-hybridized carbons (Fsp3) is 0.385. The molecule has 2 aliphatic heterocycles. The van der Waals surface area contributed by atoms with Crippen molar-refractivity contribution in [1.82, 2.24) is 19.4 Å². The van der Waals surface area contributed by atoms with Crippen LogP contribution in [0, 0.1) is 5.92 Å². The molecule has 0 bridgehead atoms. The van der Waals surface area contributed by atoms with Gasteiger partial charge in [0.05, 0.1) is 30.4 Å². The average molecular weight is 445 g/mol. The number of hydrogen-bond acceptors (Lipinski definition) is 6. The van der Waals surface area contributed by atoms with Crippen molar-refractivity contribution in [3.63, 3.8) is 0 Å². The summed E-state index contributed by atoms with van der Waals surface area (Å²) in [4.78, 5) is 11.1. The van der Waals surface area contributed by atoms with Crippen LogP contribution in [0.1, 0.15) is 30.9 Å². The number of hydrogen-bond donors (Lipinski definition) is 1. The number of aliphatic hydroxyl groups is 1. The predicted molar refractivity (Wildman–Crippen MR) is 125 cm³/mol. The Balaban J connectivity index is 1.00. The number of piperidine rings is 1. The summed E-state index contributed by atoms with van der Waals surface area (Å²) in [5.74, 6) is 0.318. The quantitative estimate of drug-likeness (QED) is 0.462. The van der Waals surface area contributed by atoms with Gasteiger partial charge in [0.15, 0.2) is 5.58 Å². The lowest BCUT2D eigenvalue weighted by Crippen LogP contribution is -2.40. The summed E-state index contributed by atoms with van der Waals surface area (Å²) in [5.41, 5.74) is 5.24. The zero-order chi connectivity index (χ0) is 22.2. The van der Waals surface area contributed by atoms with Crippen molar-refractivity contribution in [2.45, 2.75) is 31.4 Å². The van der Waals surface area contributed by atoms with Crippen LogP contribution < -0.4 is 4.74 Å². The summed E-state index contributed by atoms with van der Waals surface area (Å²) in [5, 5.41) is 11.1. The van der Waals surface area contributed by atoms with Gasteiger partial charge in [-0.3, -0.25) is 4.90 Å². The van der Waals surface area contributed by atoms with Crippen molar-refractivity contribution in [2.75, 3.05) is 26.2 Å². The largest absolute Gasteiger partial charge is 0.449 e. The minimum atomic E-state index is -0.324. The summed E-state index contributed by atoms with van der Waals surface area (Å²) in [6, 6.07) is 16.3. The Hall–Kier alpha value is -3.16. The van der Waals surface area contributed by atoms with Crippen molar-refractivity contribution in [3.05, 3.63) is 66.6 Å². The topological polar surface area (TPSA) is 76.6 Å². The van der Waals surface area contributed by atoms with Gasteiger partial charge >= 0.3 is 6.08 Å². The number of aliphatic hydroxyl groups excluding tert-OH is 1. The van der Waals surface area contributed by atoms with Gasteiger partial charge in [-0.25, -0.2) is 4.98 Å². The third-order valence-electron chi connectivity index (χ3n) is 7.15. The zero-order valence-corrected chi connectivity index (χ0v) is 18.5. The van der Waals surface area contributed by atoms with Gasteiger partial charge in [-0.15, -0.1) is 0 Å². The van der Waals surface area contributed by atoms with E-state index in [2.05, 4.69) is 43.7 Å². The molecule has 33 heavy (non-hydrogen) atoms. The Morgan fingerprint density at radius 2 is 1.91 bits per heavy atom. The molecule has 1 N–H and O–H groups in total. The monoisotopic (exact) mass is 444 g/mol. The zero-order valence-electron chi connectivity index (χ0n) is 18.5. The third kappa shape index (κ3) is 3.92. The number of rotatable bonds is 7. The first-order valence-electron chi connectivity index (χ1n) is 11.8. The molecular weight excluding hydrogens is 416 g/mol. The summed E-state index contributed by atoms with van der Waals surface area (Å²) < 4.78 is 13.6. The minimum absolute atomic E-state index is 0.163. The maximum Gasteiger partial charge on any atom is 0.394 e. The molecule has 2 aromatic heterocycles. The van der Waals surface area contributed by atoms with Crippen LogP contribution >= 0.6 is 0 Å². The molecule has 4 heterocycles. The number of ether oxygens (including phenoxy) is 1. The number of oxazole rings is 1. The molecule has 170 valence electrons. The van der Waals surface area contributed by atoms with Crippen molar-refractivity contribution in [3.8, 4) is 17.3 Å². The highest BCUT2D eigenvalue weighted by Gasteiger charge is 2.33. The molecule has 0 aliphatic carbocycles. The molecule has 4 aromatic rings. The Bertz CT molecular complexity index is 1210. The molecule has 0 radical (unpaired) electrons. The van der Waals surface area contributed by atoms with E-state index in [0.717, 1.165) is 55.7 Å². The Labute approximate surface area is 192 Å². The molecule has 7 heteroatoms. The minimum Gasteiger partial charge on any atom is -0.449 e. The summed E-state index contributed by atoms with van der Waals surface area (Å²) in [7, 11) is 0. The molecular formula is C26H28N4O3. The van der Waals surface area contributed by atoms with Crippen LogP contribution in [0.4, 0.5) is 0 Å².